The van der Waals surface area contributed by atoms with Crippen LogP contribution < -0.4 is 29.6 Å². The van der Waals surface area contributed by atoms with Gasteiger partial charge in [0.1, 0.15) is 0 Å². The third-order valence-corrected chi connectivity index (χ3v) is 1.36. The van der Waals surface area contributed by atoms with Crippen LogP contribution >= 0.6 is 0 Å². The van der Waals surface area contributed by atoms with E-state index >= 15 is 0 Å². The van der Waals surface area contributed by atoms with E-state index in [-0.39, 0.29) is 49.8 Å². The van der Waals surface area contributed by atoms with Gasteiger partial charge in [-0.05, 0) is 6.42 Å². The maximum absolute atomic E-state index is 9.83. The first-order valence-electron chi connectivity index (χ1n) is 2.12. The topological polar surface area (TPSA) is 74.6 Å². The van der Waals surface area contributed by atoms with Gasteiger partial charge < -0.3 is 6.53 Å². The smallest absolute Gasteiger partial charge is 1.00 e. The Morgan fingerprint density at radius 2 is 1.89 bits per heavy atom. The summed E-state index contributed by atoms with van der Waals surface area (Å²) < 4.78 is 27.7. The Balaban J connectivity index is -0.000000245. The second-order valence-electron chi connectivity index (χ2n) is 1.36. The van der Waals surface area contributed by atoms with Gasteiger partial charge >= 0.3 is 29.6 Å². The molecule has 0 aliphatic carbocycles. The Labute approximate surface area is 77.8 Å². The molecule has 0 aromatic heterocycles. The van der Waals surface area contributed by atoms with Gasteiger partial charge in [0.2, 0.25) is 0 Å². The van der Waals surface area contributed by atoms with Crippen molar-refractivity contribution in [3.8, 4) is 0 Å². The molecule has 0 amide bonds. The number of hydrogen-bond donors (Lipinski definition) is 2. The summed E-state index contributed by atoms with van der Waals surface area (Å²) in [6, 6.07) is 0. The summed E-state index contributed by atoms with van der Waals surface area (Å²) in [6.07, 6.45) is 0.0961. The average Bonchev–Trinajstić information content (AvgIpc) is 1.59. The second-order valence-corrected chi connectivity index (χ2v) is 2.94. The molecule has 0 radical (unpaired) electrons. The van der Waals surface area contributed by atoms with E-state index in [0.29, 0.717) is 0 Å². The third kappa shape index (κ3) is 12.1. The van der Waals surface area contributed by atoms with E-state index in [1.807, 2.05) is 0 Å². The van der Waals surface area contributed by atoms with Gasteiger partial charge in [-0.15, -0.1) is 0 Å². The molecule has 0 fully saturated rings. The third-order valence-electron chi connectivity index (χ3n) is 0.560. The summed E-state index contributed by atoms with van der Waals surface area (Å²) in [5.41, 5.74) is 0. The molecule has 0 unspecified atom stereocenters. The zero-order valence-corrected chi connectivity index (χ0v) is 8.06. The van der Waals surface area contributed by atoms with E-state index in [1.54, 1.807) is 0 Å². The summed E-state index contributed by atoms with van der Waals surface area (Å²) in [4.78, 5) is 0. The molecule has 6 heteroatoms. The molecule has 0 bridgehead atoms. The monoisotopic (exact) mass is 164 g/mol. The SMILES string of the molecule is O=S(=O)(O)CCCO.[H-].[Na+]. The van der Waals surface area contributed by atoms with E-state index in [2.05, 4.69) is 0 Å². The van der Waals surface area contributed by atoms with E-state index in [4.69, 9.17) is 9.66 Å². The van der Waals surface area contributed by atoms with Gasteiger partial charge in [-0.2, -0.15) is 8.42 Å². The molecule has 0 heterocycles. The van der Waals surface area contributed by atoms with E-state index in [9.17, 15) is 8.42 Å². The minimum atomic E-state index is -3.85. The Morgan fingerprint density at radius 1 is 1.44 bits per heavy atom. The molecule has 0 aliphatic heterocycles. The minimum Gasteiger partial charge on any atom is -1.00 e. The summed E-state index contributed by atoms with van der Waals surface area (Å²) >= 11 is 0. The van der Waals surface area contributed by atoms with Gasteiger partial charge in [-0.1, -0.05) is 0 Å². The molecule has 52 valence electrons. The van der Waals surface area contributed by atoms with Gasteiger partial charge in [0.15, 0.2) is 0 Å². The predicted octanol–water partition coefficient (Wildman–Crippen LogP) is -3.63. The maximum atomic E-state index is 9.83. The zero-order chi connectivity index (χ0) is 6.62. The van der Waals surface area contributed by atoms with Crippen molar-refractivity contribution in [2.24, 2.45) is 0 Å². The molecule has 0 saturated heterocycles. The fourth-order valence-corrected chi connectivity index (χ4v) is 0.741. The van der Waals surface area contributed by atoms with Crippen LogP contribution in [-0.2, 0) is 10.1 Å². The minimum absolute atomic E-state index is 0. The van der Waals surface area contributed by atoms with Gasteiger partial charge in [0.05, 0.1) is 5.75 Å². The first-order valence-corrected chi connectivity index (χ1v) is 3.73. The molecule has 0 aromatic carbocycles. The summed E-state index contributed by atoms with van der Waals surface area (Å²) in [7, 11) is -3.85. The first kappa shape index (κ1) is 12.5. The summed E-state index contributed by atoms with van der Waals surface area (Å²) in [5, 5.41) is 8.05. The van der Waals surface area contributed by atoms with Crippen LogP contribution in [0.15, 0.2) is 0 Å². The molecule has 0 rings (SSSR count). The Hall–Kier alpha value is 0.870. The molecule has 0 saturated carbocycles. The molecule has 2 N–H and O–H groups in total. The molecule has 0 atom stereocenters. The average molecular weight is 164 g/mol. The van der Waals surface area contributed by atoms with E-state index < -0.39 is 10.1 Å². The second kappa shape index (κ2) is 5.64. The zero-order valence-electron chi connectivity index (χ0n) is 6.24. The molecule has 0 spiro atoms. The van der Waals surface area contributed by atoms with Gasteiger partial charge in [0, 0.05) is 6.61 Å². The Kier molecular flexibility index (Phi) is 7.86. The standard InChI is InChI=1S/C3H8O4S.Na.H/c4-2-1-3-8(5,6)7;;/h4H,1-3H2,(H,5,6,7);;/q;+1;-1. The maximum Gasteiger partial charge on any atom is 1.00 e. The van der Waals surface area contributed by atoms with Gasteiger partial charge in [-0.25, -0.2) is 0 Å². The summed E-state index contributed by atoms with van der Waals surface area (Å²) in [5.74, 6) is -0.358. The van der Waals surface area contributed by atoms with Crippen LogP contribution in [0.3, 0.4) is 0 Å². The summed E-state index contributed by atoms with van der Waals surface area (Å²) in [6.45, 7) is -0.209. The van der Waals surface area contributed by atoms with Crippen LogP contribution in [0.2, 0.25) is 0 Å². The molecule has 0 aliphatic rings. The normalized spacial score (nSPS) is 10.4. The predicted molar refractivity (Wildman–Crippen MR) is 29.2 cm³/mol. The van der Waals surface area contributed by atoms with Crippen molar-refractivity contribution in [1.82, 2.24) is 0 Å². The molecule has 0 aromatic rings. The molecule has 9 heavy (non-hydrogen) atoms. The largest absolute Gasteiger partial charge is 1.00 e. The van der Waals surface area contributed by atoms with Crippen LogP contribution in [0.5, 0.6) is 0 Å². The quantitative estimate of drug-likeness (QED) is 0.333. The molecular formula is C3H9NaO4S. The van der Waals surface area contributed by atoms with Crippen molar-refractivity contribution >= 4 is 10.1 Å². The van der Waals surface area contributed by atoms with Crippen LogP contribution in [0.4, 0.5) is 0 Å². The number of hydrogen-bond acceptors (Lipinski definition) is 3. The molecular weight excluding hydrogens is 155 g/mol. The first-order chi connectivity index (χ1) is 3.56. The van der Waals surface area contributed by atoms with Crippen molar-refractivity contribution in [3.63, 3.8) is 0 Å². The Morgan fingerprint density at radius 3 is 2.00 bits per heavy atom. The van der Waals surface area contributed by atoms with Crippen LogP contribution in [0.25, 0.3) is 0 Å². The fraction of sp³-hybridized carbons (Fsp3) is 1.00. The van der Waals surface area contributed by atoms with E-state index in [0.717, 1.165) is 0 Å². The molecule has 4 nitrogen and oxygen atoms in total. The van der Waals surface area contributed by atoms with Crippen molar-refractivity contribution < 1.29 is 49.1 Å². The number of rotatable bonds is 3. The van der Waals surface area contributed by atoms with E-state index in [1.165, 1.54) is 0 Å². The fourth-order valence-electron chi connectivity index (χ4n) is 0.247. The van der Waals surface area contributed by atoms with Gasteiger partial charge in [0.25, 0.3) is 10.1 Å². The van der Waals surface area contributed by atoms with Crippen LogP contribution in [0, 0.1) is 0 Å². The van der Waals surface area contributed by atoms with Crippen LogP contribution in [-0.4, -0.2) is 30.4 Å². The van der Waals surface area contributed by atoms with Gasteiger partial charge in [-0.3, -0.25) is 4.55 Å². The number of aliphatic hydroxyl groups is 1. The van der Waals surface area contributed by atoms with Crippen molar-refractivity contribution in [2.75, 3.05) is 12.4 Å². The van der Waals surface area contributed by atoms with Crippen molar-refractivity contribution in [2.45, 2.75) is 6.42 Å². The van der Waals surface area contributed by atoms with Crippen LogP contribution in [0.1, 0.15) is 7.85 Å². The Bertz CT molecular complexity index is 145. The van der Waals surface area contributed by atoms with Crippen molar-refractivity contribution in [3.05, 3.63) is 0 Å². The van der Waals surface area contributed by atoms with Crippen molar-refractivity contribution in [1.29, 1.82) is 0 Å². The number of aliphatic hydroxyl groups excluding tert-OH is 1.